The van der Waals surface area contributed by atoms with Crippen molar-refractivity contribution in [2.45, 2.75) is 57.6 Å². The second-order valence-electron chi connectivity index (χ2n) is 9.39. The number of ether oxygens (including phenoxy) is 1. The molecule has 0 saturated heterocycles. The van der Waals surface area contributed by atoms with Crippen molar-refractivity contribution >= 4 is 43.5 Å². The van der Waals surface area contributed by atoms with Gasteiger partial charge in [0, 0.05) is 17.1 Å². The van der Waals surface area contributed by atoms with Crippen LogP contribution in [0.25, 0.3) is 0 Å². The first kappa shape index (κ1) is 31.2. The normalized spacial score (nSPS) is 12.7. The van der Waals surface area contributed by atoms with Gasteiger partial charge in [-0.15, -0.1) is 0 Å². The summed E-state index contributed by atoms with van der Waals surface area (Å²) < 4.78 is 35.2. The maximum atomic E-state index is 13.9. The molecule has 0 aromatic heterocycles. The van der Waals surface area contributed by atoms with Crippen LogP contribution in [0, 0.1) is 0 Å². The molecule has 3 aromatic rings. The van der Waals surface area contributed by atoms with E-state index in [-0.39, 0.29) is 23.4 Å². The van der Waals surface area contributed by atoms with Gasteiger partial charge < -0.3 is 15.0 Å². The number of amides is 2. The second-order valence-corrected chi connectivity index (χ2v) is 12.2. The fraction of sp³-hybridized carbons (Fsp3) is 0.333. The number of carbonyl (C=O) groups is 2. The number of hydrogen-bond donors (Lipinski definition) is 1. The molecule has 8 nitrogen and oxygen atoms in total. The monoisotopic (exact) mass is 629 g/mol. The average molecular weight is 631 g/mol. The van der Waals surface area contributed by atoms with Crippen molar-refractivity contribution in [3.8, 4) is 5.75 Å². The predicted octanol–water partition coefficient (Wildman–Crippen LogP) is 5.38. The molecule has 0 bridgehead atoms. The van der Waals surface area contributed by atoms with E-state index in [4.69, 9.17) is 4.74 Å². The summed E-state index contributed by atoms with van der Waals surface area (Å²) in [5.74, 6) is -0.265. The zero-order valence-electron chi connectivity index (χ0n) is 23.2. The molecule has 0 radical (unpaired) electrons. The Morgan fingerprint density at radius 1 is 0.925 bits per heavy atom. The number of para-hydroxylation sites is 1. The second kappa shape index (κ2) is 14.3. The number of carbonyl (C=O) groups excluding carboxylic acids is 2. The van der Waals surface area contributed by atoms with Crippen molar-refractivity contribution in [2.75, 3.05) is 17.5 Å². The van der Waals surface area contributed by atoms with Crippen LogP contribution in [0.2, 0.25) is 0 Å². The first-order valence-corrected chi connectivity index (χ1v) is 15.4. The van der Waals surface area contributed by atoms with E-state index in [1.165, 1.54) is 17.0 Å². The molecule has 0 spiro atoms. The summed E-state index contributed by atoms with van der Waals surface area (Å²) in [5.41, 5.74) is 1.14. The lowest BCUT2D eigenvalue weighted by atomic mass is 10.1. The molecular weight excluding hydrogens is 594 g/mol. The largest absolute Gasteiger partial charge is 0.494 e. The van der Waals surface area contributed by atoms with E-state index in [9.17, 15) is 18.0 Å². The van der Waals surface area contributed by atoms with Gasteiger partial charge in [0.05, 0.1) is 17.2 Å². The van der Waals surface area contributed by atoms with Crippen LogP contribution in [-0.2, 0) is 26.2 Å². The van der Waals surface area contributed by atoms with Crippen molar-refractivity contribution in [3.05, 3.63) is 88.9 Å². The molecule has 0 fully saturated rings. The van der Waals surface area contributed by atoms with Crippen molar-refractivity contribution in [1.82, 2.24) is 10.2 Å². The van der Waals surface area contributed by atoms with Gasteiger partial charge in [0.25, 0.3) is 10.0 Å². The SMILES string of the molecule is CCOc1ccc(S(=O)(=O)N(CC(=O)N(Cc2ccc(Br)cc2)C(C)C(=O)NC(C)CC)c2ccccc2)cc1. The highest BCUT2D eigenvalue weighted by Gasteiger charge is 2.32. The molecule has 3 rings (SSSR count). The Morgan fingerprint density at radius 3 is 2.12 bits per heavy atom. The van der Waals surface area contributed by atoms with Crippen LogP contribution in [0.4, 0.5) is 5.69 Å². The third-order valence-electron chi connectivity index (χ3n) is 6.48. The zero-order valence-corrected chi connectivity index (χ0v) is 25.6. The van der Waals surface area contributed by atoms with E-state index in [2.05, 4.69) is 21.2 Å². The van der Waals surface area contributed by atoms with Gasteiger partial charge in [-0.3, -0.25) is 13.9 Å². The van der Waals surface area contributed by atoms with Gasteiger partial charge >= 0.3 is 0 Å². The predicted molar refractivity (Wildman–Crippen MR) is 161 cm³/mol. The molecule has 0 aliphatic carbocycles. The highest BCUT2D eigenvalue weighted by molar-refractivity contribution is 9.10. The lowest BCUT2D eigenvalue weighted by molar-refractivity contribution is -0.139. The standard InChI is InChI=1S/C30H36BrN3O5S/c1-5-22(3)32-30(36)23(4)33(20-24-12-14-25(31)15-13-24)29(35)21-34(26-10-8-7-9-11-26)40(37,38)28-18-16-27(17-19-28)39-6-2/h7-19,22-23H,5-6,20-21H2,1-4H3,(H,32,36). The lowest BCUT2D eigenvalue weighted by Gasteiger charge is -2.32. The van der Waals surface area contributed by atoms with Gasteiger partial charge in [0.15, 0.2) is 0 Å². The Hall–Kier alpha value is -3.37. The summed E-state index contributed by atoms with van der Waals surface area (Å²) in [6.45, 7) is 7.45. The minimum absolute atomic E-state index is 0.0228. The van der Waals surface area contributed by atoms with E-state index in [1.54, 1.807) is 49.4 Å². The van der Waals surface area contributed by atoms with Crippen LogP contribution in [0.1, 0.15) is 39.7 Å². The van der Waals surface area contributed by atoms with Gasteiger partial charge in [0.2, 0.25) is 11.8 Å². The average Bonchev–Trinajstić information content (AvgIpc) is 2.95. The molecule has 40 heavy (non-hydrogen) atoms. The molecule has 10 heteroatoms. The van der Waals surface area contributed by atoms with Crippen LogP contribution >= 0.6 is 15.9 Å². The first-order valence-electron chi connectivity index (χ1n) is 13.2. The number of sulfonamides is 1. The van der Waals surface area contributed by atoms with E-state index < -0.39 is 28.5 Å². The summed E-state index contributed by atoms with van der Waals surface area (Å²) in [7, 11) is -4.14. The highest BCUT2D eigenvalue weighted by atomic mass is 79.9. The Morgan fingerprint density at radius 2 is 1.55 bits per heavy atom. The molecule has 214 valence electrons. The number of rotatable bonds is 13. The zero-order chi connectivity index (χ0) is 29.3. The molecule has 0 aliphatic heterocycles. The molecule has 0 saturated carbocycles. The summed E-state index contributed by atoms with van der Waals surface area (Å²) in [5, 5.41) is 2.93. The van der Waals surface area contributed by atoms with Gasteiger partial charge in [-0.05, 0) is 81.3 Å². The fourth-order valence-corrected chi connectivity index (χ4v) is 5.64. The van der Waals surface area contributed by atoms with Crippen molar-refractivity contribution in [1.29, 1.82) is 0 Å². The molecule has 0 aliphatic rings. The van der Waals surface area contributed by atoms with Gasteiger partial charge in [-0.1, -0.05) is 53.2 Å². The van der Waals surface area contributed by atoms with Crippen LogP contribution in [0.15, 0.2) is 88.2 Å². The lowest BCUT2D eigenvalue weighted by Crippen LogP contribution is -2.52. The van der Waals surface area contributed by atoms with E-state index in [0.717, 1.165) is 20.8 Å². The quantitative estimate of drug-likeness (QED) is 0.274. The fourth-order valence-electron chi connectivity index (χ4n) is 3.96. The minimum Gasteiger partial charge on any atom is -0.494 e. The number of benzene rings is 3. The molecule has 2 atom stereocenters. The summed E-state index contributed by atoms with van der Waals surface area (Å²) in [6.07, 6.45) is 0.737. The number of nitrogens with one attached hydrogen (secondary N) is 1. The summed E-state index contributed by atoms with van der Waals surface area (Å²) in [6, 6.07) is 21.1. The van der Waals surface area contributed by atoms with Crippen LogP contribution in [-0.4, -0.2) is 50.4 Å². The highest BCUT2D eigenvalue weighted by Crippen LogP contribution is 2.26. The smallest absolute Gasteiger partial charge is 0.264 e. The number of hydrogen-bond acceptors (Lipinski definition) is 5. The van der Waals surface area contributed by atoms with Crippen molar-refractivity contribution in [3.63, 3.8) is 0 Å². The first-order chi connectivity index (χ1) is 19.1. The molecular formula is C30H36BrN3O5S. The maximum absolute atomic E-state index is 13.9. The van der Waals surface area contributed by atoms with Crippen LogP contribution in [0.3, 0.4) is 0 Å². The van der Waals surface area contributed by atoms with E-state index >= 15 is 0 Å². The summed E-state index contributed by atoms with van der Waals surface area (Å²) in [4.78, 5) is 28.5. The molecule has 2 unspecified atom stereocenters. The molecule has 0 heterocycles. The Bertz CT molecular complexity index is 1370. The maximum Gasteiger partial charge on any atom is 0.264 e. The molecule has 2 amide bonds. The van der Waals surface area contributed by atoms with E-state index in [0.29, 0.717) is 18.0 Å². The van der Waals surface area contributed by atoms with Crippen LogP contribution in [0.5, 0.6) is 5.75 Å². The van der Waals surface area contributed by atoms with Gasteiger partial charge in [-0.25, -0.2) is 8.42 Å². The molecule has 3 aromatic carbocycles. The third-order valence-corrected chi connectivity index (χ3v) is 8.80. The number of nitrogens with zero attached hydrogens (tertiary/aromatic N) is 2. The molecule has 1 N–H and O–H groups in total. The van der Waals surface area contributed by atoms with Gasteiger partial charge in [0.1, 0.15) is 18.3 Å². The van der Waals surface area contributed by atoms with Crippen molar-refractivity contribution < 1.29 is 22.7 Å². The summed E-state index contributed by atoms with van der Waals surface area (Å²) >= 11 is 3.42. The topological polar surface area (TPSA) is 96.0 Å². The third kappa shape index (κ3) is 8.08. The number of halogens is 1. The Labute approximate surface area is 245 Å². The Balaban J connectivity index is 1.98. The van der Waals surface area contributed by atoms with Gasteiger partial charge in [-0.2, -0.15) is 0 Å². The minimum atomic E-state index is -4.14. The van der Waals surface area contributed by atoms with E-state index in [1.807, 2.05) is 45.0 Å². The van der Waals surface area contributed by atoms with Crippen molar-refractivity contribution in [2.24, 2.45) is 0 Å². The number of anilines is 1. The van der Waals surface area contributed by atoms with Crippen LogP contribution < -0.4 is 14.4 Å². The Kier molecular flexibility index (Phi) is 11.2.